The van der Waals surface area contributed by atoms with E-state index in [-0.39, 0.29) is 0 Å². The number of aromatic nitrogens is 4. The number of thiophene rings is 1. The van der Waals surface area contributed by atoms with Crippen LogP contribution in [0.5, 0.6) is 0 Å². The summed E-state index contributed by atoms with van der Waals surface area (Å²) in [7, 11) is 0. The second-order valence-corrected chi connectivity index (χ2v) is 12.8. The molecule has 0 radical (unpaired) electrons. The standard InChI is InChI=1S/C41H27N5S/c1-26-24-33-30-19-9-8-16-28(30)25-34(39(33)47-26)38-32-21-11-13-23-36(32)43-41(45-38)46(29-17-6-3-7-18-29)40-42-35-22-12-10-20-31(35)37(44-40)27-14-4-2-5-15-27/h2-25H,1H3. The van der Waals surface area contributed by atoms with Crippen LogP contribution < -0.4 is 4.90 Å². The number of hydrogen-bond donors (Lipinski definition) is 0. The molecule has 5 nitrogen and oxygen atoms in total. The fourth-order valence-corrected chi connectivity index (χ4v) is 7.47. The number of anilines is 3. The van der Waals surface area contributed by atoms with Gasteiger partial charge in [-0.2, -0.15) is 0 Å². The van der Waals surface area contributed by atoms with E-state index in [2.05, 4.69) is 91.9 Å². The molecule has 3 aromatic heterocycles. The summed E-state index contributed by atoms with van der Waals surface area (Å²) in [5.74, 6) is 1.01. The van der Waals surface area contributed by atoms with Crippen LogP contribution in [-0.4, -0.2) is 19.9 Å². The Hall–Kier alpha value is -5.98. The second kappa shape index (κ2) is 11.1. The van der Waals surface area contributed by atoms with E-state index in [1.807, 2.05) is 65.6 Å². The first-order valence-corrected chi connectivity index (χ1v) is 16.4. The number of fused-ring (bicyclic) bond motifs is 5. The number of rotatable bonds is 5. The lowest BCUT2D eigenvalue weighted by atomic mass is 9.99. The smallest absolute Gasteiger partial charge is 0.238 e. The summed E-state index contributed by atoms with van der Waals surface area (Å²) in [6.07, 6.45) is 0. The molecule has 0 N–H and O–H groups in total. The molecular weight excluding hydrogens is 595 g/mol. The van der Waals surface area contributed by atoms with E-state index in [1.54, 1.807) is 11.3 Å². The van der Waals surface area contributed by atoms with Crippen molar-refractivity contribution in [2.75, 3.05) is 4.90 Å². The topological polar surface area (TPSA) is 54.8 Å². The van der Waals surface area contributed by atoms with Crippen molar-refractivity contribution >= 4 is 71.6 Å². The van der Waals surface area contributed by atoms with Crippen LogP contribution >= 0.6 is 11.3 Å². The molecule has 0 saturated heterocycles. The van der Waals surface area contributed by atoms with Crippen molar-refractivity contribution in [3.8, 4) is 22.5 Å². The normalized spacial score (nSPS) is 11.5. The highest BCUT2D eigenvalue weighted by Crippen LogP contribution is 2.43. The van der Waals surface area contributed by atoms with Crippen LogP contribution in [0.15, 0.2) is 146 Å². The maximum atomic E-state index is 5.41. The van der Waals surface area contributed by atoms with Gasteiger partial charge in [-0.05, 0) is 54.1 Å². The maximum Gasteiger partial charge on any atom is 0.238 e. The van der Waals surface area contributed by atoms with Crippen LogP contribution in [0.3, 0.4) is 0 Å². The van der Waals surface area contributed by atoms with Gasteiger partial charge in [-0.3, -0.25) is 0 Å². The van der Waals surface area contributed by atoms with Gasteiger partial charge in [-0.25, -0.2) is 24.8 Å². The number of para-hydroxylation sites is 3. The summed E-state index contributed by atoms with van der Waals surface area (Å²) in [5.41, 5.74) is 6.43. The Kier molecular flexibility index (Phi) is 6.47. The summed E-state index contributed by atoms with van der Waals surface area (Å²) >= 11 is 1.81. The van der Waals surface area contributed by atoms with Gasteiger partial charge in [0.25, 0.3) is 0 Å². The molecule has 222 valence electrons. The zero-order valence-corrected chi connectivity index (χ0v) is 26.3. The zero-order valence-electron chi connectivity index (χ0n) is 25.5. The Labute approximate surface area is 275 Å². The molecule has 0 aliphatic rings. The Morgan fingerprint density at radius 2 is 1.04 bits per heavy atom. The quantitative estimate of drug-likeness (QED) is 0.191. The molecule has 6 aromatic carbocycles. The number of benzene rings is 6. The Bertz CT molecular complexity index is 2600. The van der Waals surface area contributed by atoms with Gasteiger partial charge in [0.2, 0.25) is 11.9 Å². The van der Waals surface area contributed by atoms with Crippen LogP contribution in [0.1, 0.15) is 4.88 Å². The number of nitrogens with zero attached hydrogens (tertiary/aromatic N) is 5. The number of hydrogen-bond acceptors (Lipinski definition) is 6. The van der Waals surface area contributed by atoms with Crippen molar-refractivity contribution in [1.82, 2.24) is 19.9 Å². The molecular formula is C41H27N5S. The minimum absolute atomic E-state index is 0.505. The monoisotopic (exact) mass is 621 g/mol. The van der Waals surface area contributed by atoms with Crippen molar-refractivity contribution in [3.05, 3.63) is 150 Å². The molecule has 0 amide bonds. The highest BCUT2D eigenvalue weighted by Gasteiger charge is 2.24. The van der Waals surface area contributed by atoms with Gasteiger partial charge >= 0.3 is 0 Å². The predicted octanol–water partition coefficient (Wildman–Crippen LogP) is 11.1. The molecule has 0 atom stereocenters. The van der Waals surface area contributed by atoms with Crippen LogP contribution in [0, 0.1) is 6.92 Å². The van der Waals surface area contributed by atoms with E-state index < -0.39 is 0 Å². The SMILES string of the molecule is Cc1cc2c(s1)c(-c1nc(N(c3ccccc3)c3nc(-c4ccccc4)c4ccccc4n3)nc3ccccc13)cc1ccccc12. The fourth-order valence-electron chi connectivity index (χ4n) is 6.43. The highest BCUT2D eigenvalue weighted by atomic mass is 32.1. The van der Waals surface area contributed by atoms with Crippen LogP contribution in [0.2, 0.25) is 0 Å². The lowest BCUT2D eigenvalue weighted by Crippen LogP contribution is -2.17. The molecule has 6 heteroatoms. The van der Waals surface area contributed by atoms with Crippen LogP contribution in [0.25, 0.3) is 65.2 Å². The molecule has 0 bridgehead atoms. The first-order valence-electron chi connectivity index (χ1n) is 15.6. The predicted molar refractivity (Wildman–Crippen MR) is 196 cm³/mol. The molecule has 9 aromatic rings. The Morgan fingerprint density at radius 1 is 0.489 bits per heavy atom. The van der Waals surface area contributed by atoms with E-state index in [1.165, 1.54) is 25.7 Å². The Morgan fingerprint density at radius 3 is 1.74 bits per heavy atom. The summed E-state index contributed by atoms with van der Waals surface area (Å²) in [4.78, 5) is 24.2. The molecule has 0 unspecified atom stereocenters. The van der Waals surface area contributed by atoms with Crippen LogP contribution in [0.4, 0.5) is 17.6 Å². The zero-order chi connectivity index (χ0) is 31.3. The molecule has 47 heavy (non-hydrogen) atoms. The summed E-state index contributed by atoms with van der Waals surface area (Å²) in [6, 6.07) is 50.0. The van der Waals surface area contributed by atoms with Gasteiger partial charge in [0, 0.05) is 36.9 Å². The fraction of sp³-hybridized carbons (Fsp3) is 0.0244. The number of aryl methyl sites for hydroxylation is 1. The average molecular weight is 622 g/mol. The van der Waals surface area contributed by atoms with Gasteiger partial charge in [0.15, 0.2) is 0 Å². The summed E-state index contributed by atoms with van der Waals surface area (Å²) in [5, 5.41) is 5.66. The average Bonchev–Trinajstić information content (AvgIpc) is 3.53. The second-order valence-electron chi connectivity index (χ2n) is 11.6. The molecule has 0 saturated carbocycles. The highest BCUT2D eigenvalue weighted by molar-refractivity contribution is 7.19. The third-order valence-electron chi connectivity index (χ3n) is 8.55. The molecule has 0 fully saturated rings. The molecule has 9 rings (SSSR count). The van der Waals surface area contributed by atoms with Crippen molar-refractivity contribution < 1.29 is 0 Å². The van der Waals surface area contributed by atoms with Gasteiger partial charge in [-0.15, -0.1) is 11.3 Å². The van der Waals surface area contributed by atoms with Crippen molar-refractivity contribution in [2.24, 2.45) is 0 Å². The van der Waals surface area contributed by atoms with Crippen LogP contribution in [-0.2, 0) is 0 Å². The molecule has 3 heterocycles. The summed E-state index contributed by atoms with van der Waals surface area (Å²) in [6.45, 7) is 2.17. The first kappa shape index (κ1) is 27.3. The third-order valence-corrected chi connectivity index (χ3v) is 9.63. The van der Waals surface area contributed by atoms with E-state index in [0.717, 1.165) is 50.0 Å². The van der Waals surface area contributed by atoms with Crippen molar-refractivity contribution in [3.63, 3.8) is 0 Å². The molecule has 0 aliphatic heterocycles. The third kappa shape index (κ3) is 4.69. The van der Waals surface area contributed by atoms with E-state index in [0.29, 0.717) is 11.9 Å². The van der Waals surface area contributed by atoms with Crippen molar-refractivity contribution in [2.45, 2.75) is 6.92 Å². The van der Waals surface area contributed by atoms with Gasteiger partial charge in [-0.1, -0.05) is 109 Å². The Balaban J connectivity index is 1.35. The first-order chi connectivity index (χ1) is 23.2. The van der Waals surface area contributed by atoms with E-state index in [9.17, 15) is 0 Å². The maximum absolute atomic E-state index is 5.41. The van der Waals surface area contributed by atoms with Gasteiger partial charge < -0.3 is 0 Å². The summed E-state index contributed by atoms with van der Waals surface area (Å²) < 4.78 is 1.22. The van der Waals surface area contributed by atoms with Gasteiger partial charge in [0.1, 0.15) is 0 Å². The van der Waals surface area contributed by atoms with Crippen molar-refractivity contribution in [1.29, 1.82) is 0 Å². The van der Waals surface area contributed by atoms with Gasteiger partial charge in [0.05, 0.1) is 28.1 Å². The lowest BCUT2D eigenvalue weighted by Gasteiger charge is -2.23. The largest absolute Gasteiger partial charge is 0.247 e. The lowest BCUT2D eigenvalue weighted by molar-refractivity contribution is 1.04. The minimum atomic E-state index is 0.505. The molecule has 0 spiro atoms. The minimum Gasteiger partial charge on any atom is -0.247 e. The van der Waals surface area contributed by atoms with E-state index >= 15 is 0 Å². The molecule has 0 aliphatic carbocycles. The van der Waals surface area contributed by atoms with E-state index in [4.69, 9.17) is 19.9 Å².